The SMILES string of the molecule is CNCc1ccc(S(=O)(=O)N2CC=CCC2)c(Br)c1. The van der Waals surface area contributed by atoms with Gasteiger partial charge in [0.25, 0.3) is 0 Å². The fourth-order valence-corrected chi connectivity index (χ4v) is 4.54. The van der Waals surface area contributed by atoms with E-state index < -0.39 is 10.0 Å². The quantitative estimate of drug-likeness (QED) is 0.851. The lowest BCUT2D eigenvalue weighted by Crippen LogP contribution is -2.34. The van der Waals surface area contributed by atoms with Crippen molar-refractivity contribution in [2.75, 3.05) is 20.1 Å². The highest BCUT2D eigenvalue weighted by molar-refractivity contribution is 9.10. The Kier molecular flexibility index (Phi) is 4.78. The molecule has 0 aromatic heterocycles. The largest absolute Gasteiger partial charge is 0.316 e. The maximum Gasteiger partial charge on any atom is 0.244 e. The van der Waals surface area contributed by atoms with E-state index in [1.807, 2.05) is 31.3 Å². The molecular formula is C13H17BrN2O2S. The maximum absolute atomic E-state index is 12.5. The molecule has 0 bridgehead atoms. The van der Waals surface area contributed by atoms with Crippen LogP contribution in [0.3, 0.4) is 0 Å². The molecule has 0 fully saturated rings. The Hall–Kier alpha value is -0.690. The second-order valence-corrected chi connectivity index (χ2v) is 7.18. The molecule has 1 heterocycles. The summed E-state index contributed by atoms with van der Waals surface area (Å²) in [4.78, 5) is 0.336. The molecule has 1 aromatic carbocycles. The minimum Gasteiger partial charge on any atom is -0.316 e. The van der Waals surface area contributed by atoms with Crippen LogP contribution < -0.4 is 5.32 Å². The minimum absolute atomic E-state index is 0.336. The zero-order valence-electron chi connectivity index (χ0n) is 10.8. The number of nitrogens with zero attached hydrogens (tertiary/aromatic N) is 1. The van der Waals surface area contributed by atoms with Gasteiger partial charge in [0.1, 0.15) is 0 Å². The first kappa shape index (κ1) is 14.7. The smallest absolute Gasteiger partial charge is 0.244 e. The third kappa shape index (κ3) is 3.25. The first-order chi connectivity index (χ1) is 9.05. The summed E-state index contributed by atoms with van der Waals surface area (Å²) in [5.41, 5.74) is 1.05. The first-order valence-corrected chi connectivity index (χ1v) is 8.37. The van der Waals surface area contributed by atoms with Crippen molar-refractivity contribution in [1.29, 1.82) is 0 Å². The summed E-state index contributed by atoms with van der Waals surface area (Å²) >= 11 is 3.37. The number of benzene rings is 1. The highest BCUT2D eigenvalue weighted by Crippen LogP contribution is 2.27. The van der Waals surface area contributed by atoms with Gasteiger partial charge in [0, 0.05) is 24.1 Å². The van der Waals surface area contributed by atoms with E-state index in [9.17, 15) is 8.42 Å². The predicted molar refractivity (Wildman–Crippen MR) is 79.4 cm³/mol. The molecule has 0 radical (unpaired) electrons. The van der Waals surface area contributed by atoms with E-state index in [0.29, 0.717) is 29.0 Å². The second-order valence-electron chi connectivity index (χ2n) is 4.42. The van der Waals surface area contributed by atoms with E-state index in [4.69, 9.17) is 0 Å². The molecular weight excluding hydrogens is 328 g/mol. The Balaban J connectivity index is 2.32. The molecule has 0 atom stereocenters. The molecule has 1 aliphatic rings. The van der Waals surface area contributed by atoms with Crippen molar-refractivity contribution in [2.24, 2.45) is 0 Å². The van der Waals surface area contributed by atoms with E-state index in [1.54, 1.807) is 6.07 Å². The van der Waals surface area contributed by atoms with Crippen LogP contribution in [0.2, 0.25) is 0 Å². The molecule has 4 nitrogen and oxygen atoms in total. The zero-order chi connectivity index (χ0) is 13.9. The van der Waals surface area contributed by atoms with E-state index in [-0.39, 0.29) is 0 Å². The zero-order valence-corrected chi connectivity index (χ0v) is 13.2. The number of hydrogen-bond acceptors (Lipinski definition) is 3. The van der Waals surface area contributed by atoms with Crippen molar-refractivity contribution >= 4 is 26.0 Å². The van der Waals surface area contributed by atoms with E-state index in [0.717, 1.165) is 12.0 Å². The third-order valence-electron chi connectivity index (χ3n) is 3.02. The lowest BCUT2D eigenvalue weighted by molar-refractivity contribution is 0.437. The Morgan fingerprint density at radius 2 is 2.16 bits per heavy atom. The summed E-state index contributed by atoms with van der Waals surface area (Å²) in [5.74, 6) is 0. The van der Waals surface area contributed by atoms with Crippen molar-refractivity contribution in [3.05, 3.63) is 40.4 Å². The van der Waals surface area contributed by atoms with Gasteiger partial charge in [0.15, 0.2) is 0 Å². The van der Waals surface area contributed by atoms with Crippen LogP contribution in [0.5, 0.6) is 0 Å². The molecule has 2 rings (SSSR count). The third-order valence-corrected chi connectivity index (χ3v) is 5.86. The Morgan fingerprint density at radius 3 is 2.74 bits per heavy atom. The number of rotatable bonds is 4. The number of sulfonamides is 1. The van der Waals surface area contributed by atoms with Gasteiger partial charge in [-0.3, -0.25) is 0 Å². The van der Waals surface area contributed by atoms with Gasteiger partial charge >= 0.3 is 0 Å². The van der Waals surface area contributed by atoms with E-state index >= 15 is 0 Å². The molecule has 1 aromatic rings. The van der Waals surface area contributed by atoms with Crippen molar-refractivity contribution in [1.82, 2.24) is 9.62 Å². The van der Waals surface area contributed by atoms with Crippen molar-refractivity contribution in [3.63, 3.8) is 0 Å². The fourth-order valence-electron chi connectivity index (χ4n) is 2.04. The first-order valence-electron chi connectivity index (χ1n) is 6.14. The molecule has 0 unspecified atom stereocenters. The van der Waals surface area contributed by atoms with Crippen LogP contribution in [0, 0.1) is 0 Å². The van der Waals surface area contributed by atoms with E-state index in [2.05, 4.69) is 21.2 Å². The molecule has 0 spiro atoms. The lowest BCUT2D eigenvalue weighted by Gasteiger charge is -2.23. The van der Waals surface area contributed by atoms with Crippen molar-refractivity contribution in [3.8, 4) is 0 Å². The normalized spacial score (nSPS) is 16.7. The predicted octanol–water partition coefficient (Wildman–Crippen LogP) is 2.12. The van der Waals surface area contributed by atoms with Crippen LogP contribution in [0.15, 0.2) is 39.7 Å². The van der Waals surface area contributed by atoms with Crippen LogP contribution in [-0.2, 0) is 16.6 Å². The molecule has 19 heavy (non-hydrogen) atoms. The summed E-state index contributed by atoms with van der Waals surface area (Å²) < 4.78 is 27.2. The Bertz CT molecular complexity index is 584. The van der Waals surface area contributed by atoms with Crippen LogP contribution in [0.1, 0.15) is 12.0 Å². The molecule has 0 saturated heterocycles. The minimum atomic E-state index is -3.41. The van der Waals surface area contributed by atoms with Crippen LogP contribution in [-0.4, -0.2) is 32.9 Å². The van der Waals surface area contributed by atoms with Gasteiger partial charge in [-0.25, -0.2) is 8.42 Å². The van der Waals surface area contributed by atoms with Gasteiger partial charge < -0.3 is 5.32 Å². The number of halogens is 1. The van der Waals surface area contributed by atoms with Crippen LogP contribution >= 0.6 is 15.9 Å². The summed E-state index contributed by atoms with van der Waals surface area (Å²) in [5, 5.41) is 3.04. The van der Waals surface area contributed by atoms with Gasteiger partial charge in [0.05, 0.1) is 4.90 Å². The maximum atomic E-state index is 12.5. The highest BCUT2D eigenvalue weighted by Gasteiger charge is 2.26. The molecule has 0 amide bonds. The summed E-state index contributed by atoms with van der Waals surface area (Å²) in [6.07, 6.45) is 4.68. The lowest BCUT2D eigenvalue weighted by atomic mass is 10.2. The molecule has 104 valence electrons. The summed E-state index contributed by atoms with van der Waals surface area (Å²) in [7, 11) is -1.55. The monoisotopic (exact) mass is 344 g/mol. The standard InChI is InChI=1S/C13H17BrN2O2S/c1-15-10-11-5-6-13(12(14)9-11)19(17,18)16-7-3-2-4-8-16/h2-3,5-6,9,15H,4,7-8,10H2,1H3. The molecule has 0 aliphatic carbocycles. The summed E-state index contributed by atoms with van der Waals surface area (Å²) in [6, 6.07) is 5.36. The Morgan fingerprint density at radius 1 is 1.37 bits per heavy atom. The van der Waals surface area contributed by atoms with Crippen molar-refractivity contribution in [2.45, 2.75) is 17.9 Å². The number of hydrogen-bond donors (Lipinski definition) is 1. The molecule has 6 heteroatoms. The van der Waals surface area contributed by atoms with E-state index in [1.165, 1.54) is 4.31 Å². The van der Waals surface area contributed by atoms with Gasteiger partial charge in [0.2, 0.25) is 10.0 Å². The van der Waals surface area contributed by atoms with Gasteiger partial charge in [-0.15, -0.1) is 0 Å². The fraction of sp³-hybridized carbons (Fsp3) is 0.385. The average molecular weight is 345 g/mol. The summed E-state index contributed by atoms with van der Waals surface area (Å²) in [6.45, 7) is 1.71. The van der Waals surface area contributed by atoms with Gasteiger partial charge in [-0.05, 0) is 47.1 Å². The van der Waals surface area contributed by atoms with Gasteiger partial charge in [-0.1, -0.05) is 18.2 Å². The highest BCUT2D eigenvalue weighted by atomic mass is 79.9. The van der Waals surface area contributed by atoms with Gasteiger partial charge in [-0.2, -0.15) is 4.31 Å². The van der Waals surface area contributed by atoms with Crippen LogP contribution in [0.4, 0.5) is 0 Å². The number of nitrogens with one attached hydrogen (secondary N) is 1. The average Bonchev–Trinajstić information content (AvgIpc) is 2.40. The molecule has 0 saturated carbocycles. The van der Waals surface area contributed by atoms with Crippen LogP contribution in [0.25, 0.3) is 0 Å². The molecule has 1 aliphatic heterocycles. The topological polar surface area (TPSA) is 49.4 Å². The van der Waals surface area contributed by atoms with Crippen molar-refractivity contribution < 1.29 is 8.42 Å². The second kappa shape index (κ2) is 6.17. The molecule has 1 N–H and O–H groups in total. The Labute approximate surface area is 122 Å².